The summed E-state index contributed by atoms with van der Waals surface area (Å²) in [7, 11) is -4.31. The second-order valence-corrected chi connectivity index (χ2v) is 7.01. The maximum atomic E-state index is 13.9. The van der Waals surface area contributed by atoms with Crippen molar-refractivity contribution in [2.24, 2.45) is 5.92 Å². The Balaban J connectivity index is 2.29. The monoisotopic (exact) mass is 331 g/mol. The lowest BCUT2D eigenvalue weighted by Crippen LogP contribution is -2.44. The molecule has 2 unspecified atom stereocenters. The summed E-state index contributed by atoms with van der Waals surface area (Å²) in [6.45, 7) is 3.22. The van der Waals surface area contributed by atoms with Crippen LogP contribution < -0.4 is 10.0 Å². The van der Waals surface area contributed by atoms with Gasteiger partial charge in [-0.2, -0.15) is 0 Å². The summed E-state index contributed by atoms with van der Waals surface area (Å²) < 4.78 is 40.9. The highest BCUT2D eigenvalue weighted by Gasteiger charge is 2.32. The largest absolute Gasteiger partial charge is 0.316 e. The van der Waals surface area contributed by atoms with Gasteiger partial charge in [0.05, 0.1) is 4.92 Å². The molecule has 1 fully saturated rings. The smallest absolute Gasteiger partial charge is 0.292 e. The van der Waals surface area contributed by atoms with E-state index in [1.807, 2.05) is 0 Å². The van der Waals surface area contributed by atoms with Gasteiger partial charge < -0.3 is 5.32 Å². The van der Waals surface area contributed by atoms with Gasteiger partial charge in [-0.15, -0.1) is 0 Å². The average molecular weight is 331 g/mol. The first kappa shape index (κ1) is 16.8. The lowest BCUT2D eigenvalue weighted by Gasteiger charge is -2.28. The van der Waals surface area contributed by atoms with Crippen molar-refractivity contribution in [3.05, 3.63) is 34.1 Å². The van der Waals surface area contributed by atoms with Crippen molar-refractivity contribution in [2.45, 2.75) is 30.7 Å². The standard InChI is InChI=1S/C13H18FN3O4S/c1-9(10-4-3-7-15-8-10)16-22(20,21)13-11(14)5-2-6-12(13)17(18)19/h2,5-6,9-10,15-16H,3-4,7-8H2,1H3. The molecule has 2 atom stereocenters. The Morgan fingerprint density at radius 1 is 1.50 bits per heavy atom. The van der Waals surface area contributed by atoms with Gasteiger partial charge in [0.25, 0.3) is 15.7 Å². The molecule has 0 aliphatic carbocycles. The van der Waals surface area contributed by atoms with Crippen LogP contribution in [-0.2, 0) is 10.0 Å². The normalized spacial score (nSPS) is 20.5. The molecule has 22 heavy (non-hydrogen) atoms. The van der Waals surface area contributed by atoms with Crippen LogP contribution in [0.1, 0.15) is 19.8 Å². The second-order valence-electron chi connectivity index (χ2n) is 5.36. The Kier molecular flexibility index (Phi) is 5.09. The summed E-state index contributed by atoms with van der Waals surface area (Å²) in [5.74, 6) is -1.06. The number of nitrogens with one attached hydrogen (secondary N) is 2. The predicted octanol–water partition coefficient (Wildman–Crippen LogP) is 1.40. The zero-order chi connectivity index (χ0) is 16.3. The molecule has 2 rings (SSSR count). The number of sulfonamides is 1. The van der Waals surface area contributed by atoms with Gasteiger partial charge in [-0.1, -0.05) is 6.07 Å². The summed E-state index contributed by atoms with van der Waals surface area (Å²) in [6.07, 6.45) is 1.77. The van der Waals surface area contributed by atoms with Gasteiger partial charge in [-0.3, -0.25) is 10.1 Å². The van der Waals surface area contributed by atoms with Crippen molar-refractivity contribution in [1.29, 1.82) is 0 Å². The molecule has 2 N–H and O–H groups in total. The first-order valence-electron chi connectivity index (χ1n) is 6.99. The van der Waals surface area contributed by atoms with Gasteiger partial charge in [0.1, 0.15) is 5.82 Å². The molecule has 0 amide bonds. The van der Waals surface area contributed by atoms with E-state index < -0.39 is 37.4 Å². The first-order chi connectivity index (χ1) is 10.3. The quantitative estimate of drug-likeness (QED) is 0.627. The molecule has 0 aromatic heterocycles. The number of hydrogen-bond donors (Lipinski definition) is 2. The Hall–Kier alpha value is -1.58. The molecule has 0 saturated carbocycles. The summed E-state index contributed by atoms with van der Waals surface area (Å²) in [5, 5.41) is 14.1. The van der Waals surface area contributed by atoms with Crippen LogP contribution in [0.3, 0.4) is 0 Å². The van der Waals surface area contributed by atoms with Crippen molar-refractivity contribution < 1.29 is 17.7 Å². The van der Waals surface area contributed by atoms with Crippen LogP contribution in [0.2, 0.25) is 0 Å². The summed E-state index contributed by atoms with van der Waals surface area (Å²) in [5.41, 5.74) is -0.763. The first-order valence-corrected chi connectivity index (χ1v) is 8.47. The maximum absolute atomic E-state index is 13.9. The van der Waals surface area contributed by atoms with Crippen LogP contribution in [0.5, 0.6) is 0 Å². The third-order valence-corrected chi connectivity index (χ3v) is 5.42. The molecule has 1 aliphatic rings. The highest BCUT2D eigenvalue weighted by molar-refractivity contribution is 7.89. The van der Waals surface area contributed by atoms with E-state index in [0.29, 0.717) is 6.54 Å². The van der Waals surface area contributed by atoms with Gasteiger partial charge in [0.15, 0.2) is 4.90 Å². The van der Waals surface area contributed by atoms with Crippen LogP contribution in [0.15, 0.2) is 23.1 Å². The van der Waals surface area contributed by atoms with Gasteiger partial charge in [0, 0.05) is 12.1 Å². The van der Waals surface area contributed by atoms with Crippen molar-refractivity contribution in [3.8, 4) is 0 Å². The van der Waals surface area contributed by atoms with E-state index in [2.05, 4.69) is 10.0 Å². The molecule has 7 nitrogen and oxygen atoms in total. The van der Waals surface area contributed by atoms with Gasteiger partial charge in [-0.25, -0.2) is 17.5 Å². The van der Waals surface area contributed by atoms with E-state index in [0.717, 1.165) is 37.6 Å². The van der Waals surface area contributed by atoms with Crippen LogP contribution in [0.4, 0.5) is 10.1 Å². The molecule has 1 aliphatic heterocycles. The number of hydrogen-bond acceptors (Lipinski definition) is 5. The van der Waals surface area contributed by atoms with E-state index in [1.165, 1.54) is 0 Å². The lowest BCUT2D eigenvalue weighted by molar-refractivity contribution is -0.388. The predicted molar refractivity (Wildman–Crippen MR) is 78.4 cm³/mol. The number of halogens is 1. The molecule has 9 heteroatoms. The van der Waals surface area contributed by atoms with E-state index in [-0.39, 0.29) is 5.92 Å². The van der Waals surface area contributed by atoms with Crippen molar-refractivity contribution >= 4 is 15.7 Å². The molecule has 1 aromatic rings. The third kappa shape index (κ3) is 3.60. The van der Waals surface area contributed by atoms with Gasteiger partial charge in [-0.05, 0) is 44.8 Å². The molecule has 1 heterocycles. The Bertz CT molecular complexity index is 659. The topological polar surface area (TPSA) is 101 Å². The fourth-order valence-electron chi connectivity index (χ4n) is 2.61. The van der Waals surface area contributed by atoms with Crippen molar-refractivity contribution in [1.82, 2.24) is 10.0 Å². The van der Waals surface area contributed by atoms with Crippen LogP contribution in [0.25, 0.3) is 0 Å². The zero-order valence-electron chi connectivity index (χ0n) is 12.1. The average Bonchev–Trinajstić information content (AvgIpc) is 2.47. The number of nitro benzene ring substituents is 1. The minimum absolute atomic E-state index is 0.0642. The van der Waals surface area contributed by atoms with E-state index in [1.54, 1.807) is 6.92 Å². The van der Waals surface area contributed by atoms with E-state index in [9.17, 15) is 22.9 Å². The second kappa shape index (κ2) is 6.67. The fourth-order valence-corrected chi connectivity index (χ4v) is 4.16. The molecular weight excluding hydrogens is 313 g/mol. The minimum atomic E-state index is -4.31. The Labute approximate surface area is 128 Å². The van der Waals surface area contributed by atoms with Gasteiger partial charge >= 0.3 is 0 Å². The third-order valence-electron chi connectivity index (χ3n) is 3.79. The Morgan fingerprint density at radius 2 is 2.23 bits per heavy atom. The molecule has 0 radical (unpaired) electrons. The van der Waals surface area contributed by atoms with E-state index >= 15 is 0 Å². The van der Waals surface area contributed by atoms with Crippen molar-refractivity contribution in [2.75, 3.05) is 13.1 Å². The van der Waals surface area contributed by atoms with Gasteiger partial charge in [0.2, 0.25) is 0 Å². The maximum Gasteiger partial charge on any atom is 0.292 e. The van der Waals surface area contributed by atoms with Crippen molar-refractivity contribution in [3.63, 3.8) is 0 Å². The summed E-state index contributed by atoms with van der Waals surface area (Å²) >= 11 is 0. The number of nitrogens with zero attached hydrogens (tertiary/aromatic N) is 1. The Morgan fingerprint density at radius 3 is 2.82 bits per heavy atom. The highest BCUT2D eigenvalue weighted by atomic mass is 32.2. The summed E-state index contributed by atoms with van der Waals surface area (Å²) in [4.78, 5) is 9.14. The number of benzene rings is 1. The zero-order valence-corrected chi connectivity index (χ0v) is 12.9. The summed E-state index contributed by atoms with van der Waals surface area (Å²) in [6, 6.07) is 2.54. The van der Waals surface area contributed by atoms with Crippen LogP contribution >= 0.6 is 0 Å². The number of piperidine rings is 1. The minimum Gasteiger partial charge on any atom is -0.316 e. The molecule has 1 saturated heterocycles. The van der Waals surface area contributed by atoms with Crippen LogP contribution in [-0.4, -0.2) is 32.5 Å². The van der Waals surface area contributed by atoms with Crippen LogP contribution in [0, 0.1) is 21.8 Å². The molecule has 122 valence electrons. The number of nitro groups is 1. The lowest BCUT2D eigenvalue weighted by atomic mass is 9.94. The fraction of sp³-hybridized carbons (Fsp3) is 0.538. The highest BCUT2D eigenvalue weighted by Crippen LogP contribution is 2.27. The SMILES string of the molecule is CC(NS(=O)(=O)c1c(F)cccc1[N+](=O)[O-])C1CCCNC1. The van der Waals surface area contributed by atoms with E-state index in [4.69, 9.17) is 0 Å². The molecule has 0 spiro atoms. The molecular formula is C13H18FN3O4S. The number of rotatable bonds is 5. The molecule has 1 aromatic carbocycles. The molecule has 0 bridgehead atoms.